The number of aryl methyl sites for hydroxylation is 1. The number of aromatic nitrogens is 4. The Balaban J connectivity index is 1.95. The second-order valence-corrected chi connectivity index (χ2v) is 4.68. The molecule has 0 fully saturated rings. The highest BCUT2D eigenvalue weighted by molar-refractivity contribution is 6.30. The van der Waals surface area contributed by atoms with Gasteiger partial charge in [-0.25, -0.2) is 4.68 Å². The molecule has 94 valence electrons. The topological polar surface area (TPSA) is 43.6 Å². The molecule has 0 aliphatic carbocycles. The van der Waals surface area contributed by atoms with E-state index in [9.17, 15) is 0 Å². The number of benzene rings is 1. The highest BCUT2D eigenvalue weighted by atomic mass is 35.5. The Labute approximate surface area is 115 Å². The van der Waals surface area contributed by atoms with Crippen molar-refractivity contribution < 1.29 is 0 Å². The molecule has 0 radical (unpaired) electrons. The molecule has 0 bridgehead atoms. The lowest BCUT2D eigenvalue weighted by atomic mass is 10.2. The van der Waals surface area contributed by atoms with Crippen LogP contribution >= 0.6 is 11.6 Å². The third-order valence-electron chi connectivity index (χ3n) is 2.78. The van der Waals surface area contributed by atoms with Crippen LogP contribution < -0.4 is 0 Å². The van der Waals surface area contributed by atoms with Gasteiger partial charge in [0, 0.05) is 6.20 Å². The minimum Gasteiger partial charge on any atom is -0.253 e. The molecule has 0 saturated carbocycles. The standard InChI is InChI=1S/C14H11ClN4/c1-10-2-5-12(6-3-10)19-9-14(17-18-19)13-7-4-11(15)8-16-13/h2-9H,1H3. The van der Waals surface area contributed by atoms with E-state index in [2.05, 4.69) is 15.3 Å². The van der Waals surface area contributed by atoms with Gasteiger partial charge in [0.15, 0.2) is 0 Å². The van der Waals surface area contributed by atoms with Crippen molar-refractivity contribution in [2.24, 2.45) is 0 Å². The lowest BCUT2D eigenvalue weighted by molar-refractivity contribution is 0.803. The van der Waals surface area contributed by atoms with Crippen LogP contribution in [0.1, 0.15) is 5.56 Å². The maximum atomic E-state index is 5.81. The van der Waals surface area contributed by atoms with E-state index in [1.165, 1.54) is 5.56 Å². The second kappa shape index (κ2) is 4.82. The lowest BCUT2D eigenvalue weighted by Gasteiger charge is -1.99. The molecule has 0 atom stereocenters. The summed E-state index contributed by atoms with van der Waals surface area (Å²) in [5, 5.41) is 8.84. The molecule has 3 rings (SSSR count). The van der Waals surface area contributed by atoms with Crippen LogP contribution in [-0.2, 0) is 0 Å². The largest absolute Gasteiger partial charge is 0.253 e. The van der Waals surface area contributed by atoms with Crippen molar-refractivity contribution in [1.82, 2.24) is 20.0 Å². The van der Waals surface area contributed by atoms with Crippen molar-refractivity contribution in [3.05, 3.63) is 59.4 Å². The van der Waals surface area contributed by atoms with E-state index in [0.29, 0.717) is 5.02 Å². The molecule has 1 aromatic carbocycles. The Kier molecular flexibility index (Phi) is 3.01. The fourth-order valence-corrected chi connectivity index (χ4v) is 1.84. The van der Waals surface area contributed by atoms with Crippen molar-refractivity contribution in [2.75, 3.05) is 0 Å². The molecule has 0 saturated heterocycles. The average molecular weight is 271 g/mol. The number of nitrogens with zero attached hydrogens (tertiary/aromatic N) is 4. The quantitative estimate of drug-likeness (QED) is 0.718. The summed E-state index contributed by atoms with van der Waals surface area (Å²) < 4.78 is 1.73. The van der Waals surface area contributed by atoms with E-state index in [-0.39, 0.29) is 0 Å². The summed E-state index contributed by atoms with van der Waals surface area (Å²) in [7, 11) is 0. The minimum atomic E-state index is 0.606. The first-order chi connectivity index (χ1) is 9.22. The molecule has 2 aromatic heterocycles. The Morgan fingerprint density at radius 1 is 1.00 bits per heavy atom. The Morgan fingerprint density at radius 2 is 1.79 bits per heavy atom. The predicted molar refractivity (Wildman–Crippen MR) is 74.3 cm³/mol. The zero-order valence-electron chi connectivity index (χ0n) is 10.3. The maximum absolute atomic E-state index is 5.81. The third kappa shape index (κ3) is 2.48. The molecule has 19 heavy (non-hydrogen) atoms. The van der Waals surface area contributed by atoms with Crippen molar-refractivity contribution in [2.45, 2.75) is 6.92 Å². The van der Waals surface area contributed by atoms with Crippen LogP contribution in [-0.4, -0.2) is 20.0 Å². The molecule has 5 heteroatoms. The highest BCUT2D eigenvalue weighted by Gasteiger charge is 2.06. The van der Waals surface area contributed by atoms with E-state index >= 15 is 0 Å². The van der Waals surface area contributed by atoms with Gasteiger partial charge in [0.1, 0.15) is 5.69 Å². The van der Waals surface area contributed by atoms with Crippen molar-refractivity contribution in [3.8, 4) is 17.1 Å². The van der Waals surface area contributed by atoms with Crippen LogP contribution in [0.4, 0.5) is 0 Å². The summed E-state index contributed by atoms with van der Waals surface area (Å²) in [6.07, 6.45) is 3.45. The van der Waals surface area contributed by atoms with Crippen LogP contribution in [0.2, 0.25) is 5.02 Å². The lowest BCUT2D eigenvalue weighted by Crippen LogP contribution is -1.94. The zero-order valence-corrected chi connectivity index (χ0v) is 11.0. The van der Waals surface area contributed by atoms with Crippen LogP contribution in [0, 0.1) is 6.92 Å². The number of hydrogen-bond donors (Lipinski definition) is 0. The molecular weight excluding hydrogens is 260 g/mol. The van der Waals surface area contributed by atoms with Crippen LogP contribution in [0.25, 0.3) is 17.1 Å². The number of pyridine rings is 1. The fourth-order valence-electron chi connectivity index (χ4n) is 1.73. The summed E-state index contributed by atoms with van der Waals surface area (Å²) in [6, 6.07) is 11.7. The Bertz CT molecular complexity index is 626. The molecule has 4 nitrogen and oxygen atoms in total. The molecule has 3 aromatic rings. The SMILES string of the molecule is Cc1ccc(-n2cc(-c3ccc(Cl)cn3)nn2)cc1. The fraction of sp³-hybridized carbons (Fsp3) is 0.0714. The van der Waals surface area contributed by atoms with Crippen LogP contribution in [0.15, 0.2) is 48.8 Å². The summed E-state index contributed by atoms with van der Waals surface area (Å²) in [5.41, 5.74) is 3.65. The number of halogens is 1. The zero-order chi connectivity index (χ0) is 13.2. The predicted octanol–water partition coefficient (Wildman–Crippen LogP) is 3.29. The van der Waals surface area contributed by atoms with Gasteiger partial charge in [-0.15, -0.1) is 5.10 Å². The van der Waals surface area contributed by atoms with Gasteiger partial charge in [-0.05, 0) is 31.2 Å². The normalized spacial score (nSPS) is 10.6. The molecule has 0 amide bonds. The van der Waals surface area contributed by atoms with Gasteiger partial charge in [-0.2, -0.15) is 0 Å². The van der Waals surface area contributed by atoms with E-state index in [1.54, 1.807) is 16.9 Å². The van der Waals surface area contributed by atoms with E-state index < -0.39 is 0 Å². The van der Waals surface area contributed by atoms with Gasteiger partial charge >= 0.3 is 0 Å². The van der Waals surface area contributed by atoms with Gasteiger partial charge < -0.3 is 0 Å². The van der Waals surface area contributed by atoms with Gasteiger partial charge in [0.05, 0.1) is 22.6 Å². The Morgan fingerprint density at radius 3 is 2.47 bits per heavy atom. The smallest absolute Gasteiger partial charge is 0.131 e. The number of hydrogen-bond acceptors (Lipinski definition) is 3. The van der Waals surface area contributed by atoms with Crippen molar-refractivity contribution in [3.63, 3.8) is 0 Å². The first kappa shape index (κ1) is 11.9. The minimum absolute atomic E-state index is 0.606. The van der Waals surface area contributed by atoms with Crippen LogP contribution in [0.5, 0.6) is 0 Å². The van der Waals surface area contributed by atoms with Gasteiger partial charge in [-0.1, -0.05) is 34.5 Å². The van der Waals surface area contributed by atoms with E-state index in [0.717, 1.165) is 17.1 Å². The first-order valence-corrected chi connectivity index (χ1v) is 6.21. The maximum Gasteiger partial charge on any atom is 0.131 e. The van der Waals surface area contributed by atoms with Crippen LogP contribution in [0.3, 0.4) is 0 Å². The molecule has 0 N–H and O–H groups in total. The molecular formula is C14H11ClN4. The monoisotopic (exact) mass is 270 g/mol. The number of rotatable bonds is 2. The summed E-state index contributed by atoms with van der Waals surface area (Å²) in [5.74, 6) is 0. The second-order valence-electron chi connectivity index (χ2n) is 4.25. The summed E-state index contributed by atoms with van der Waals surface area (Å²) in [4.78, 5) is 4.22. The molecule has 0 aliphatic heterocycles. The van der Waals surface area contributed by atoms with E-state index in [1.807, 2.05) is 43.5 Å². The molecule has 2 heterocycles. The van der Waals surface area contributed by atoms with Crippen molar-refractivity contribution in [1.29, 1.82) is 0 Å². The average Bonchev–Trinajstić information content (AvgIpc) is 2.90. The summed E-state index contributed by atoms with van der Waals surface area (Å²) >= 11 is 5.81. The van der Waals surface area contributed by atoms with Gasteiger partial charge in [0.25, 0.3) is 0 Å². The summed E-state index contributed by atoms with van der Waals surface area (Å²) in [6.45, 7) is 2.05. The van der Waals surface area contributed by atoms with Gasteiger partial charge in [-0.3, -0.25) is 4.98 Å². The molecule has 0 aliphatic rings. The highest BCUT2D eigenvalue weighted by Crippen LogP contribution is 2.17. The van der Waals surface area contributed by atoms with Gasteiger partial charge in [0.2, 0.25) is 0 Å². The molecule has 0 spiro atoms. The molecule has 0 unspecified atom stereocenters. The third-order valence-corrected chi connectivity index (χ3v) is 3.01. The first-order valence-electron chi connectivity index (χ1n) is 5.84. The Hall–Kier alpha value is -2.20. The van der Waals surface area contributed by atoms with Crippen molar-refractivity contribution >= 4 is 11.6 Å². The van der Waals surface area contributed by atoms with E-state index in [4.69, 9.17) is 11.6 Å².